The number of aliphatic hydroxyl groups excluding tert-OH is 1. The molecular weight excluding hydrogens is 551 g/mol. The van der Waals surface area contributed by atoms with Gasteiger partial charge in [0.05, 0.1) is 39.9 Å². The van der Waals surface area contributed by atoms with Crippen molar-refractivity contribution in [2.45, 2.75) is 167 Å². The molecule has 0 aromatic heterocycles. The van der Waals surface area contributed by atoms with Gasteiger partial charge in [-0.2, -0.15) is 0 Å². The van der Waals surface area contributed by atoms with E-state index in [1.54, 1.807) is 0 Å². The zero-order valence-corrected chi connectivity index (χ0v) is 29.1. The maximum Gasteiger partial charge on any atom is 0.268 e. The van der Waals surface area contributed by atoms with Crippen molar-refractivity contribution in [3.63, 3.8) is 0 Å². The molecule has 0 bridgehead atoms. The monoisotopic (exact) mass is 620 g/mol. The minimum atomic E-state index is -4.54. The van der Waals surface area contributed by atoms with Crippen LogP contribution in [-0.4, -0.2) is 68.5 Å². The van der Waals surface area contributed by atoms with Gasteiger partial charge in [-0.05, 0) is 12.8 Å². The van der Waals surface area contributed by atoms with Crippen molar-refractivity contribution < 1.29 is 32.9 Å². The average Bonchev–Trinajstić information content (AvgIpc) is 2.92. The van der Waals surface area contributed by atoms with E-state index in [2.05, 4.69) is 19.2 Å². The molecule has 0 heterocycles. The van der Waals surface area contributed by atoms with Crippen molar-refractivity contribution in [1.82, 2.24) is 5.32 Å². The molecule has 0 saturated carbocycles. The van der Waals surface area contributed by atoms with Gasteiger partial charge >= 0.3 is 0 Å². The van der Waals surface area contributed by atoms with E-state index in [-0.39, 0.29) is 19.1 Å². The highest BCUT2D eigenvalue weighted by atomic mass is 31.2. The topological polar surface area (TPSA) is 108 Å². The number of carbonyl (C=O) groups is 1. The minimum absolute atomic E-state index is 0.0150. The number of hydrogen-bond acceptors (Lipinski definition) is 6. The third kappa shape index (κ3) is 28.3. The molecule has 0 rings (SSSR count). The minimum Gasteiger partial charge on any atom is -0.756 e. The normalized spacial score (nSPS) is 14.9. The SMILES string of the molecule is CCCCCCCCCCCCCCC(O)C(COP(=O)([O-])OCC[N+](C)(C)C)NC(=O)CCCCCCCCCC. The molecule has 8 nitrogen and oxygen atoms in total. The van der Waals surface area contributed by atoms with E-state index in [1.807, 2.05) is 21.1 Å². The number of unbranched alkanes of at least 4 members (excludes halogenated alkanes) is 18. The second-order valence-electron chi connectivity index (χ2n) is 13.2. The summed E-state index contributed by atoms with van der Waals surface area (Å²) in [6.07, 6.45) is 23.9. The number of hydrogen-bond donors (Lipinski definition) is 2. The Morgan fingerprint density at radius 1 is 0.738 bits per heavy atom. The Morgan fingerprint density at radius 2 is 1.17 bits per heavy atom. The van der Waals surface area contributed by atoms with Gasteiger partial charge in [0.25, 0.3) is 7.82 Å². The molecule has 0 aliphatic carbocycles. The first kappa shape index (κ1) is 41.5. The summed E-state index contributed by atoms with van der Waals surface area (Å²) < 4.78 is 23.0. The molecule has 42 heavy (non-hydrogen) atoms. The Balaban J connectivity index is 4.51. The highest BCUT2D eigenvalue weighted by Gasteiger charge is 2.24. The highest BCUT2D eigenvalue weighted by Crippen LogP contribution is 2.38. The molecule has 0 aromatic rings. The molecule has 1 amide bonds. The first-order valence-electron chi connectivity index (χ1n) is 17.4. The van der Waals surface area contributed by atoms with Crippen LogP contribution in [0.1, 0.15) is 155 Å². The van der Waals surface area contributed by atoms with Crippen LogP contribution in [0.25, 0.3) is 0 Å². The molecule has 0 saturated heterocycles. The van der Waals surface area contributed by atoms with Gasteiger partial charge in [-0.15, -0.1) is 0 Å². The molecule has 9 heteroatoms. The molecule has 252 valence electrons. The Labute approximate surface area is 259 Å². The Bertz CT molecular complexity index is 673. The molecule has 3 unspecified atom stereocenters. The summed E-state index contributed by atoms with van der Waals surface area (Å²) in [6.45, 7) is 4.66. The maximum atomic E-state index is 12.7. The highest BCUT2D eigenvalue weighted by molar-refractivity contribution is 7.45. The van der Waals surface area contributed by atoms with Gasteiger partial charge in [0.2, 0.25) is 5.91 Å². The zero-order valence-electron chi connectivity index (χ0n) is 28.2. The number of aliphatic hydroxyl groups is 1. The van der Waals surface area contributed by atoms with E-state index in [1.165, 1.54) is 89.9 Å². The van der Waals surface area contributed by atoms with Gasteiger partial charge in [0.15, 0.2) is 0 Å². The number of carbonyl (C=O) groups excluding carboxylic acids is 1. The van der Waals surface area contributed by atoms with Crippen LogP contribution in [0.3, 0.4) is 0 Å². The molecule has 0 fully saturated rings. The summed E-state index contributed by atoms with van der Waals surface area (Å²) in [7, 11) is 1.31. The second kappa shape index (κ2) is 26.9. The summed E-state index contributed by atoms with van der Waals surface area (Å²) in [5, 5.41) is 13.7. The van der Waals surface area contributed by atoms with Gasteiger partial charge in [-0.25, -0.2) is 0 Å². The fourth-order valence-corrected chi connectivity index (χ4v) is 5.70. The van der Waals surface area contributed by atoms with Crippen LogP contribution < -0.4 is 10.2 Å². The summed E-state index contributed by atoms with van der Waals surface area (Å²) in [4.78, 5) is 25.0. The van der Waals surface area contributed by atoms with E-state index < -0.39 is 20.0 Å². The van der Waals surface area contributed by atoms with Crippen molar-refractivity contribution in [3.8, 4) is 0 Å². The Kier molecular flexibility index (Phi) is 26.5. The predicted octanol–water partition coefficient (Wildman–Crippen LogP) is 7.66. The summed E-state index contributed by atoms with van der Waals surface area (Å²) in [5.74, 6) is -0.171. The van der Waals surface area contributed by atoms with E-state index in [0.717, 1.165) is 38.5 Å². The number of amides is 1. The number of rotatable bonds is 31. The fourth-order valence-electron chi connectivity index (χ4n) is 4.98. The van der Waals surface area contributed by atoms with Crippen molar-refractivity contribution in [2.75, 3.05) is 40.9 Å². The van der Waals surface area contributed by atoms with Crippen molar-refractivity contribution in [2.24, 2.45) is 0 Å². The first-order chi connectivity index (χ1) is 20.0. The summed E-state index contributed by atoms with van der Waals surface area (Å²) >= 11 is 0. The van der Waals surface area contributed by atoms with Crippen LogP contribution in [-0.2, 0) is 18.4 Å². The van der Waals surface area contributed by atoms with Gasteiger partial charge in [0, 0.05) is 6.42 Å². The lowest BCUT2D eigenvalue weighted by Gasteiger charge is -2.30. The lowest BCUT2D eigenvalue weighted by atomic mass is 10.0. The van der Waals surface area contributed by atoms with E-state index in [4.69, 9.17) is 9.05 Å². The maximum absolute atomic E-state index is 12.7. The lowest BCUT2D eigenvalue weighted by molar-refractivity contribution is -0.870. The standard InChI is InChI=1S/C33H69N2O6P/c1-6-8-10-12-14-16-17-18-19-20-22-24-26-32(36)31(30-41-42(38,39)40-29-28-35(3,4)5)34-33(37)27-25-23-21-15-13-11-9-7-2/h31-32,36H,6-30H2,1-5H3,(H-,34,37,38,39). The summed E-state index contributed by atoms with van der Waals surface area (Å²) in [5.41, 5.74) is 0. The van der Waals surface area contributed by atoms with E-state index >= 15 is 0 Å². The number of likely N-dealkylation sites (N-methyl/N-ethyl adjacent to an activating group) is 1. The van der Waals surface area contributed by atoms with Crippen molar-refractivity contribution in [3.05, 3.63) is 0 Å². The molecule has 0 aromatic carbocycles. The number of nitrogens with one attached hydrogen (secondary N) is 1. The van der Waals surface area contributed by atoms with Crippen molar-refractivity contribution >= 4 is 13.7 Å². The van der Waals surface area contributed by atoms with Crippen LogP contribution in [0.2, 0.25) is 0 Å². The molecular formula is C33H69N2O6P. The van der Waals surface area contributed by atoms with Crippen LogP contribution in [0, 0.1) is 0 Å². The largest absolute Gasteiger partial charge is 0.756 e. The average molecular weight is 621 g/mol. The van der Waals surface area contributed by atoms with E-state index in [9.17, 15) is 19.4 Å². The lowest BCUT2D eigenvalue weighted by Crippen LogP contribution is -2.46. The van der Waals surface area contributed by atoms with Gasteiger partial charge in [0.1, 0.15) is 13.2 Å². The second-order valence-corrected chi connectivity index (χ2v) is 14.6. The molecule has 3 atom stereocenters. The fraction of sp³-hybridized carbons (Fsp3) is 0.970. The van der Waals surface area contributed by atoms with Crippen LogP contribution in [0.5, 0.6) is 0 Å². The molecule has 0 radical (unpaired) electrons. The number of quaternary nitrogens is 1. The number of phosphoric acid groups is 1. The smallest absolute Gasteiger partial charge is 0.268 e. The van der Waals surface area contributed by atoms with Gasteiger partial charge < -0.3 is 28.8 Å². The van der Waals surface area contributed by atoms with Crippen LogP contribution in [0.4, 0.5) is 0 Å². The van der Waals surface area contributed by atoms with Gasteiger partial charge in [-0.3, -0.25) is 9.36 Å². The Hall–Kier alpha value is -0.500. The third-order valence-corrected chi connectivity index (χ3v) is 8.81. The Morgan fingerprint density at radius 3 is 1.62 bits per heavy atom. The molecule has 0 aliphatic heterocycles. The molecule has 0 spiro atoms. The van der Waals surface area contributed by atoms with Crippen LogP contribution >= 0.6 is 7.82 Å². The molecule has 0 aliphatic rings. The quantitative estimate of drug-likeness (QED) is 0.0468. The molecule has 2 N–H and O–H groups in total. The van der Waals surface area contributed by atoms with E-state index in [0.29, 0.717) is 23.9 Å². The van der Waals surface area contributed by atoms with Crippen LogP contribution in [0.15, 0.2) is 0 Å². The van der Waals surface area contributed by atoms with Gasteiger partial charge in [-0.1, -0.05) is 136 Å². The number of nitrogens with zero attached hydrogens (tertiary/aromatic N) is 1. The zero-order chi connectivity index (χ0) is 31.5. The summed E-state index contributed by atoms with van der Waals surface area (Å²) in [6, 6.07) is -0.788. The third-order valence-electron chi connectivity index (χ3n) is 7.85. The first-order valence-corrected chi connectivity index (χ1v) is 18.8. The predicted molar refractivity (Wildman–Crippen MR) is 173 cm³/mol. The van der Waals surface area contributed by atoms with Crippen molar-refractivity contribution in [1.29, 1.82) is 0 Å². The number of phosphoric ester groups is 1.